The van der Waals surface area contributed by atoms with Crippen molar-refractivity contribution < 1.29 is 9.53 Å². The van der Waals surface area contributed by atoms with Crippen LogP contribution in [0.5, 0.6) is 5.75 Å². The summed E-state index contributed by atoms with van der Waals surface area (Å²) in [7, 11) is 0. The predicted octanol–water partition coefficient (Wildman–Crippen LogP) is 5.68. The van der Waals surface area contributed by atoms with Crippen LogP contribution in [0.15, 0.2) is 72.8 Å². The molecule has 0 spiro atoms. The first-order valence-electron chi connectivity index (χ1n) is 12.6. The Bertz CT molecular complexity index is 1310. The first kappa shape index (κ1) is 23.2. The van der Waals surface area contributed by atoms with Crippen LogP contribution in [0.2, 0.25) is 0 Å². The molecule has 1 amide bonds. The topological polar surface area (TPSA) is 47.4 Å². The molecule has 1 aliphatic heterocycles. The highest BCUT2D eigenvalue weighted by atomic mass is 16.5. The van der Waals surface area contributed by atoms with Gasteiger partial charge in [-0.05, 0) is 67.6 Å². The normalized spacial score (nSPS) is 15.8. The number of aryl methyl sites for hydroxylation is 3. The summed E-state index contributed by atoms with van der Waals surface area (Å²) < 4.78 is 8.33. The maximum absolute atomic E-state index is 12.8. The minimum absolute atomic E-state index is 0.117. The highest BCUT2D eigenvalue weighted by molar-refractivity contribution is 5.81. The van der Waals surface area contributed by atoms with E-state index in [0.717, 1.165) is 55.1 Å². The van der Waals surface area contributed by atoms with Gasteiger partial charge in [0.1, 0.15) is 11.6 Å². The molecule has 2 heterocycles. The van der Waals surface area contributed by atoms with E-state index in [-0.39, 0.29) is 11.8 Å². The van der Waals surface area contributed by atoms with E-state index in [1.807, 2.05) is 23.1 Å². The summed E-state index contributed by atoms with van der Waals surface area (Å²) in [5, 5.41) is 0. The van der Waals surface area contributed by atoms with E-state index < -0.39 is 0 Å². The van der Waals surface area contributed by atoms with E-state index in [0.29, 0.717) is 13.0 Å². The Morgan fingerprint density at radius 2 is 1.74 bits per heavy atom. The van der Waals surface area contributed by atoms with Crippen LogP contribution in [0, 0.1) is 13.8 Å². The van der Waals surface area contributed by atoms with Gasteiger partial charge in [-0.1, -0.05) is 48.5 Å². The standard InChI is InChI=1S/C30H33N3O2/c1-22-13-14-26(19-23(22)2)35-18-8-16-33-28-12-7-6-11-27(28)31-30(33)25-20-29(34)32(21-25)17-15-24-9-4-3-5-10-24/h3-7,9-14,19,25H,8,15-18,20-21H2,1-2H3. The SMILES string of the molecule is Cc1ccc(OCCCn2c(C3CC(=O)N(CCc4ccccc4)C3)nc3ccccc32)cc1C. The van der Waals surface area contributed by atoms with E-state index in [9.17, 15) is 4.79 Å². The Hall–Kier alpha value is -3.60. The van der Waals surface area contributed by atoms with Crippen LogP contribution in [0.1, 0.15) is 41.3 Å². The van der Waals surface area contributed by atoms with Crippen molar-refractivity contribution in [1.82, 2.24) is 14.5 Å². The third-order valence-electron chi connectivity index (χ3n) is 7.05. The smallest absolute Gasteiger partial charge is 0.223 e. The first-order chi connectivity index (χ1) is 17.1. The maximum Gasteiger partial charge on any atom is 0.223 e. The van der Waals surface area contributed by atoms with E-state index >= 15 is 0 Å². The molecule has 180 valence electrons. The number of nitrogens with zero attached hydrogens (tertiary/aromatic N) is 3. The third-order valence-corrected chi connectivity index (χ3v) is 7.05. The van der Waals surface area contributed by atoms with Crippen molar-refractivity contribution >= 4 is 16.9 Å². The van der Waals surface area contributed by atoms with Gasteiger partial charge >= 0.3 is 0 Å². The number of ether oxygens (including phenoxy) is 1. The molecule has 35 heavy (non-hydrogen) atoms. The highest BCUT2D eigenvalue weighted by Crippen LogP contribution is 2.31. The predicted molar refractivity (Wildman–Crippen MR) is 140 cm³/mol. The number of rotatable bonds is 9. The molecule has 4 aromatic rings. The van der Waals surface area contributed by atoms with Crippen molar-refractivity contribution in [3.63, 3.8) is 0 Å². The molecule has 0 aliphatic carbocycles. The molecule has 1 aliphatic rings. The van der Waals surface area contributed by atoms with Crippen LogP contribution < -0.4 is 4.74 Å². The Labute approximate surface area is 207 Å². The molecule has 0 N–H and O–H groups in total. The maximum atomic E-state index is 12.8. The summed E-state index contributed by atoms with van der Waals surface area (Å²) in [5.41, 5.74) is 5.90. The van der Waals surface area contributed by atoms with Crippen LogP contribution >= 0.6 is 0 Å². The second-order valence-electron chi connectivity index (χ2n) is 9.53. The number of amides is 1. The minimum atomic E-state index is 0.117. The van der Waals surface area contributed by atoms with Crippen molar-refractivity contribution in [3.05, 3.63) is 95.3 Å². The quantitative estimate of drug-likeness (QED) is 0.298. The summed E-state index contributed by atoms with van der Waals surface area (Å²) in [5.74, 6) is 2.28. The molecule has 1 atom stereocenters. The van der Waals surface area contributed by atoms with Gasteiger partial charge in [0, 0.05) is 32.0 Å². The Morgan fingerprint density at radius 3 is 2.57 bits per heavy atom. The number of carbonyl (C=O) groups excluding carboxylic acids is 1. The van der Waals surface area contributed by atoms with E-state index in [2.05, 4.69) is 73.0 Å². The zero-order chi connectivity index (χ0) is 24.2. The number of para-hydroxylation sites is 2. The number of hydrogen-bond acceptors (Lipinski definition) is 3. The van der Waals surface area contributed by atoms with Gasteiger partial charge in [-0.3, -0.25) is 4.79 Å². The average Bonchev–Trinajstić information content (AvgIpc) is 3.43. The van der Waals surface area contributed by atoms with Crippen molar-refractivity contribution in [3.8, 4) is 5.75 Å². The lowest BCUT2D eigenvalue weighted by Crippen LogP contribution is -2.27. The molecule has 1 fully saturated rings. The molecule has 1 aromatic heterocycles. The van der Waals surface area contributed by atoms with Gasteiger partial charge in [0.15, 0.2) is 0 Å². The zero-order valence-electron chi connectivity index (χ0n) is 20.6. The number of hydrogen-bond donors (Lipinski definition) is 0. The van der Waals surface area contributed by atoms with Gasteiger partial charge in [-0.15, -0.1) is 0 Å². The van der Waals surface area contributed by atoms with Crippen LogP contribution in [0.3, 0.4) is 0 Å². The molecule has 0 saturated carbocycles. The number of benzene rings is 3. The summed E-state index contributed by atoms with van der Waals surface area (Å²) in [6.07, 6.45) is 2.28. The lowest BCUT2D eigenvalue weighted by atomic mass is 10.1. The van der Waals surface area contributed by atoms with Crippen LogP contribution in [0.4, 0.5) is 0 Å². The molecule has 3 aromatic carbocycles. The van der Waals surface area contributed by atoms with Crippen molar-refractivity contribution in [2.24, 2.45) is 0 Å². The van der Waals surface area contributed by atoms with Gasteiger partial charge < -0.3 is 14.2 Å². The molecule has 0 bridgehead atoms. The number of carbonyl (C=O) groups is 1. The van der Waals surface area contributed by atoms with Gasteiger partial charge in [0.25, 0.3) is 0 Å². The van der Waals surface area contributed by atoms with Crippen LogP contribution in [0.25, 0.3) is 11.0 Å². The molecule has 5 rings (SSSR count). The van der Waals surface area contributed by atoms with Gasteiger partial charge in [-0.2, -0.15) is 0 Å². The van der Waals surface area contributed by atoms with Crippen molar-refractivity contribution in [2.45, 2.75) is 45.6 Å². The van der Waals surface area contributed by atoms with E-state index in [4.69, 9.17) is 9.72 Å². The second kappa shape index (κ2) is 10.3. The monoisotopic (exact) mass is 467 g/mol. The lowest BCUT2D eigenvalue weighted by molar-refractivity contribution is -0.127. The summed E-state index contributed by atoms with van der Waals surface area (Å²) >= 11 is 0. The zero-order valence-corrected chi connectivity index (χ0v) is 20.6. The fourth-order valence-electron chi connectivity index (χ4n) is 4.93. The molecule has 5 heteroatoms. The largest absolute Gasteiger partial charge is 0.494 e. The second-order valence-corrected chi connectivity index (χ2v) is 9.53. The van der Waals surface area contributed by atoms with Crippen molar-refractivity contribution in [1.29, 1.82) is 0 Å². The first-order valence-corrected chi connectivity index (χ1v) is 12.6. The van der Waals surface area contributed by atoms with Crippen LogP contribution in [-0.4, -0.2) is 40.1 Å². The molecule has 5 nitrogen and oxygen atoms in total. The van der Waals surface area contributed by atoms with Gasteiger partial charge in [-0.25, -0.2) is 4.98 Å². The number of imidazole rings is 1. The molecular weight excluding hydrogens is 434 g/mol. The fourth-order valence-corrected chi connectivity index (χ4v) is 4.93. The summed E-state index contributed by atoms with van der Waals surface area (Å²) in [4.78, 5) is 19.8. The summed E-state index contributed by atoms with van der Waals surface area (Å²) in [6.45, 7) is 7.16. The van der Waals surface area contributed by atoms with Crippen molar-refractivity contribution in [2.75, 3.05) is 19.7 Å². The van der Waals surface area contributed by atoms with Gasteiger partial charge in [0.2, 0.25) is 5.91 Å². The fraction of sp³-hybridized carbons (Fsp3) is 0.333. The van der Waals surface area contributed by atoms with E-state index in [1.54, 1.807) is 0 Å². The van der Waals surface area contributed by atoms with E-state index in [1.165, 1.54) is 16.7 Å². The highest BCUT2D eigenvalue weighted by Gasteiger charge is 2.33. The molecule has 1 saturated heterocycles. The number of fused-ring (bicyclic) bond motifs is 1. The van der Waals surface area contributed by atoms with Crippen LogP contribution in [-0.2, 0) is 17.8 Å². The Balaban J connectivity index is 1.26. The molecule has 0 radical (unpaired) electrons. The average molecular weight is 468 g/mol. The Kier molecular flexibility index (Phi) is 6.84. The summed E-state index contributed by atoms with van der Waals surface area (Å²) in [6, 6.07) is 24.9. The number of likely N-dealkylation sites (tertiary alicyclic amines) is 1. The van der Waals surface area contributed by atoms with Gasteiger partial charge in [0.05, 0.1) is 17.6 Å². The molecule has 1 unspecified atom stereocenters. The third kappa shape index (κ3) is 5.24. The lowest BCUT2D eigenvalue weighted by Gasteiger charge is -2.17. The Morgan fingerprint density at radius 1 is 0.943 bits per heavy atom. The minimum Gasteiger partial charge on any atom is -0.494 e. The molecular formula is C30H33N3O2. The number of aromatic nitrogens is 2.